The molecule has 1 aliphatic rings. The molecule has 1 saturated heterocycles. The molecule has 0 aliphatic carbocycles. The second-order valence-electron chi connectivity index (χ2n) is 9.62. The Balaban J connectivity index is 1.66. The number of ether oxygens (including phenoxy) is 4. The minimum Gasteiger partial charge on any atom is -0.451 e. The zero-order chi connectivity index (χ0) is 32.7. The first kappa shape index (κ1) is 34.0. The molecule has 0 unspecified atom stereocenters. The summed E-state index contributed by atoms with van der Waals surface area (Å²) in [6.07, 6.45) is -2.38. The smallest absolute Gasteiger partial charge is 0.347 e. The number of halogens is 1. The minimum atomic E-state index is -1.47. The lowest BCUT2D eigenvalue weighted by Crippen LogP contribution is -2.45. The van der Waals surface area contributed by atoms with Crippen molar-refractivity contribution < 1.29 is 47.7 Å². The highest BCUT2D eigenvalue weighted by Crippen LogP contribution is 2.32. The summed E-state index contributed by atoms with van der Waals surface area (Å²) >= 11 is 3.47. The Bertz CT molecular complexity index is 1500. The first-order valence-corrected chi connectivity index (χ1v) is 14.4. The van der Waals surface area contributed by atoms with Gasteiger partial charge in [-0.25, -0.2) is 19.4 Å². The van der Waals surface area contributed by atoms with E-state index < -0.39 is 54.2 Å². The van der Waals surface area contributed by atoms with Gasteiger partial charge in [-0.2, -0.15) is 0 Å². The van der Waals surface area contributed by atoms with Gasteiger partial charge >= 0.3 is 23.9 Å². The molecule has 0 N–H and O–H groups in total. The van der Waals surface area contributed by atoms with Crippen molar-refractivity contribution in [2.75, 3.05) is 13.1 Å². The van der Waals surface area contributed by atoms with Crippen LogP contribution in [0.15, 0.2) is 34.0 Å². The van der Waals surface area contributed by atoms with Gasteiger partial charge in [-0.3, -0.25) is 34.2 Å². The highest BCUT2D eigenvalue weighted by atomic mass is 79.9. The van der Waals surface area contributed by atoms with E-state index in [1.807, 2.05) is 0 Å². The average molecular weight is 678 g/mol. The molecule has 1 aromatic carbocycles. The number of hydrogen-bond acceptors (Lipinski definition) is 13. The zero-order valence-corrected chi connectivity index (χ0v) is 26.5. The average Bonchev–Trinajstić information content (AvgIpc) is 3.41. The summed E-state index contributed by atoms with van der Waals surface area (Å²) in [6.45, 7) is 8.18. The monoisotopic (exact) mass is 677 g/mol. The van der Waals surface area contributed by atoms with Gasteiger partial charge in [0.15, 0.2) is 24.4 Å². The van der Waals surface area contributed by atoms with E-state index >= 15 is 0 Å². The molecule has 3 rings (SSSR count). The third-order valence-corrected chi connectivity index (χ3v) is 7.06. The molecule has 1 aromatic heterocycles. The fourth-order valence-electron chi connectivity index (χ4n) is 3.86. The number of aliphatic imine (C=N–C) groups is 1. The summed E-state index contributed by atoms with van der Waals surface area (Å²) in [5, 5.41) is 0. The van der Waals surface area contributed by atoms with Crippen LogP contribution in [-0.2, 0) is 47.7 Å². The van der Waals surface area contributed by atoms with Crippen molar-refractivity contribution in [1.82, 2.24) is 19.8 Å². The van der Waals surface area contributed by atoms with Crippen LogP contribution in [0.4, 0.5) is 5.69 Å². The minimum absolute atomic E-state index is 0.0308. The lowest BCUT2D eigenvalue weighted by molar-refractivity contribution is -0.183. The molecule has 2 amide bonds. The molecule has 0 saturated carbocycles. The Morgan fingerprint density at radius 2 is 1.34 bits per heavy atom. The fourth-order valence-corrected chi connectivity index (χ4v) is 4.39. The Labute approximate surface area is 261 Å². The fraction of sp³-hybridized carbons (Fsp3) is 0.464. The molecule has 2 aromatic rings. The molecule has 236 valence electrons. The lowest BCUT2D eigenvalue weighted by atomic mass is 10.2. The number of hydrogen-bond donors (Lipinski definition) is 0. The van der Waals surface area contributed by atoms with Gasteiger partial charge in [0.2, 0.25) is 11.9 Å². The topological polar surface area (TPSA) is 184 Å². The predicted octanol–water partition coefficient (Wildman–Crippen LogP) is 2.21. The molecule has 44 heavy (non-hydrogen) atoms. The molecule has 16 heteroatoms. The van der Waals surface area contributed by atoms with E-state index in [0.29, 0.717) is 21.2 Å². The highest BCUT2D eigenvalue weighted by Gasteiger charge is 2.38. The van der Waals surface area contributed by atoms with Gasteiger partial charge in [0.05, 0.1) is 15.7 Å². The van der Waals surface area contributed by atoms with E-state index in [1.54, 1.807) is 25.3 Å². The van der Waals surface area contributed by atoms with E-state index in [-0.39, 0.29) is 31.4 Å². The third-order valence-electron chi connectivity index (χ3n) is 6.27. The maximum absolute atomic E-state index is 13.4. The standard InChI is InChI=1S/C28H32BrN5O10/c1-7-21(36)41-15(3)25(38)43-17(5)27(40)44-16(4)26(39)42-14(2)24(37)34-13-12-33(18(6)35)28(34)32-19-8-9-20-23(22(19)29)31-11-10-30-20/h8-11,14-17H,7,12-13H2,1-6H3/t14-,15-,16-,17-/m0/s1. The van der Waals surface area contributed by atoms with Crippen LogP contribution in [0.1, 0.15) is 48.0 Å². The van der Waals surface area contributed by atoms with Crippen molar-refractivity contribution in [3.63, 3.8) is 0 Å². The number of amides is 2. The van der Waals surface area contributed by atoms with E-state index in [9.17, 15) is 28.8 Å². The number of fused-ring (bicyclic) bond motifs is 1. The molecule has 0 spiro atoms. The number of benzene rings is 1. The second kappa shape index (κ2) is 14.8. The summed E-state index contributed by atoms with van der Waals surface area (Å²) in [4.78, 5) is 89.9. The van der Waals surface area contributed by atoms with Gasteiger partial charge < -0.3 is 18.9 Å². The first-order chi connectivity index (χ1) is 20.7. The van der Waals surface area contributed by atoms with E-state index in [1.165, 1.54) is 50.6 Å². The summed E-state index contributed by atoms with van der Waals surface area (Å²) in [6, 6.07) is 3.35. The number of carbonyl (C=O) groups excluding carboxylic acids is 6. The molecule has 4 atom stereocenters. The number of guanidine groups is 1. The number of nitrogens with zero attached hydrogens (tertiary/aromatic N) is 5. The van der Waals surface area contributed by atoms with Crippen molar-refractivity contribution in [3.05, 3.63) is 29.0 Å². The zero-order valence-electron chi connectivity index (χ0n) is 24.9. The van der Waals surface area contributed by atoms with E-state index in [4.69, 9.17) is 18.9 Å². The van der Waals surface area contributed by atoms with Crippen molar-refractivity contribution in [1.29, 1.82) is 0 Å². The molecule has 1 aliphatic heterocycles. The first-order valence-electron chi connectivity index (χ1n) is 13.6. The lowest BCUT2D eigenvalue weighted by Gasteiger charge is -2.24. The largest absolute Gasteiger partial charge is 0.451 e. The normalized spacial score (nSPS) is 16.6. The Hall–Kier alpha value is -4.47. The summed E-state index contributed by atoms with van der Waals surface area (Å²) < 4.78 is 20.6. The van der Waals surface area contributed by atoms with Crippen molar-refractivity contribution in [3.8, 4) is 0 Å². The number of aromatic nitrogens is 2. The highest BCUT2D eigenvalue weighted by molar-refractivity contribution is 9.10. The molecular formula is C28H32BrN5O10. The summed E-state index contributed by atoms with van der Waals surface area (Å²) in [5.41, 5.74) is 1.53. The van der Waals surface area contributed by atoms with Crippen LogP contribution in [0, 0.1) is 0 Å². The summed E-state index contributed by atoms with van der Waals surface area (Å²) in [5.74, 6) is -4.70. The van der Waals surface area contributed by atoms with Crippen LogP contribution in [0.3, 0.4) is 0 Å². The molecule has 2 heterocycles. The van der Waals surface area contributed by atoms with Crippen LogP contribution in [0.25, 0.3) is 11.0 Å². The van der Waals surface area contributed by atoms with E-state index in [0.717, 1.165) is 0 Å². The van der Waals surface area contributed by atoms with Gasteiger partial charge in [-0.05, 0) is 55.8 Å². The number of rotatable bonds is 10. The van der Waals surface area contributed by atoms with Crippen molar-refractivity contribution in [2.45, 2.75) is 72.4 Å². The summed E-state index contributed by atoms with van der Waals surface area (Å²) in [7, 11) is 0. The van der Waals surface area contributed by atoms with Crippen LogP contribution in [-0.4, -0.2) is 98.9 Å². The molecule has 0 bridgehead atoms. The van der Waals surface area contributed by atoms with Gasteiger partial charge in [-0.1, -0.05) is 6.92 Å². The van der Waals surface area contributed by atoms with Gasteiger partial charge in [-0.15, -0.1) is 0 Å². The predicted molar refractivity (Wildman–Crippen MR) is 156 cm³/mol. The molecule has 15 nitrogen and oxygen atoms in total. The molecule has 1 fully saturated rings. The maximum atomic E-state index is 13.4. The van der Waals surface area contributed by atoms with E-state index in [2.05, 4.69) is 30.9 Å². The van der Waals surface area contributed by atoms with Gasteiger partial charge in [0.25, 0.3) is 5.91 Å². The van der Waals surface area contributed by atoms with Crippen molar-refractivity contribution in [2.24, 2.45) is 4.99 Å². The van der Waals surface area contributed by atoms with Crippen molar-refractivity contribution >= 4 is 74.3 Å². The Morgan fingerprint density at radius 1 is 0.818 bits per heavy atom. The van der Waals surface area contributed by atoms with Gasteiger partial charge in [0.1, 0.15) is 5.52 Å². The second-order valence-corrected chi connectivity index (χ2v) is 10.4. The number of carbonyl (C=O) groups is 6. The number of esters is 4. The van der Waals surface area contributed by atoms with Crippen LogP contribution < -0.4 is 0 Å². The van der Waals surface area contributed by atoms with Crippen LogP contribution in [0.2, 0.25) is 0 Å². The molecular weight excluding hydrogens is 646 g/mol. The third kappa shape index (κ3) is 8.12. The SMILES string of the molecule is CCC(=O)O[C@@H](C)C(=O)O[C@@H](C)C(=O)O[C@@H](C)C(=O)O[C@@H](C)C(=O)N1CCN(C(C)=O)C1=Nc1ccc2nccnc2c1Br. The quantitative estimate of drug-likeness (QED) is 0.264. The van der Waals surface area contributed by atoms with Gasteiger partial charge in [0, 0.05) is 38.8 Å². The van der Waals surface area contributed by atoms with Crippen LogP contribution in [0.5, 0.6) is 0 Å². The maximum Gasteiger partial charge on any atom is 0.347 e. The molecule has 0 radical (unpaired) electrons. The Morgan fingerprint density at radius 3 is 1.91 bits per heavy atom. The Kier molecular flexibility index (Phi) is 11.5. The van der Waals surface area contributed by atoms with Crippen LogP contribution >= 0.6 is 15.9 Å².